The van der Waals surface area contributed by atoms with Crippen molar-refractivity contribution in [2.45, 2.75) is 37.0 Å². The van der Waals surface area contributed by atoms with Crippen molar-refractivity contribution in [3.63, 3.8) is 0 Å². The van der Waals surface area contributed by atoms with Gasteiger partial charge in [0.15, 0.2) is 11.5 Å². The molecule has 8 nitrogen and oxygen atoms in total. The fourth-order valence-electron chi connectivity index (χ4n) is 4.07. The lowest BCUT2D eigenvalue weighted by Gasteiger charge is -2.18. The third-order valence-electron chi connectivity index (χ3n) is 6.17. The molecular weight excluding hydrogens is 478 g/mol. The summed E-state index contributed by atoms with van der Waals surface area (Å²) in [4.78, 5) is 26.9. The van der Waals surface area contributed by atoms with Gasteiger partial charge in [0.1, 0.15) is 0 Å². The van der Waals surface area contributed by atoms with Crippen molar-refractivity contribution in [2.24, 2.45) is 0 Å². The van der Waals surface area contributed by atoms with E-state index in [1.54, 1.807) is 50.4 Å². The van der Waals surface area contributed by atoms with Gasteiger partial charge in [-0.1, -0.05) is 12.1 Å². The fraction of sp³-hybridized carbons (Fsp3) is 0.481. The van der Waals surface area contributed by atoms with Crippen molar-refractivity contribution in [2.75, 3.05) is 52.9 Å². The molecule has 0 bridgehead atoms. The summed E-state index contributed by atoms with van der Waals surface area (Å²) in [5, 5.41) is 6.23. The molecule has 1 aliphatic rings. The minimum Gasteiger partial charge on any atom is -0.493 e. The molecule has 2 atom stereocenters. The summed E-state index contributed by atoms with van der Waals surface area (Å²) in [5.74, 6) is 1.25. The maximum atomic E-state index is 12.8. The van der Waals surface area contributed by atoms with E-state index in [-0.39, 0.29) is 23.1 Å². The molecule has 1 fully saturated rings. The molecule has 3 rings (SSSR count). The second-order valence-corrected chi connectivity index (χ2v) is 9.64. The van der Waals surface area contributed by atoms with Gasteiger partial charge < -0.3 is 29.7 Å². The van der Waals surface area contributed by atoms with Crippen molar-refractivity contribution in [1.29, 1.82) is 0 Å². The Morgan fingerprint density at radius 2 is 1.89 bits per heavy atom. The van der Waals surface area contributed by atoms with Crippen LogP contribution in [0.5, 0.6) is 11.5 Å². The lowest BCUT2D eigenvalue weighted by atomic mass is 10.1. The van der Waals surface area contributed by atoms with Crippen LogP contribution < -0.4 is 20.1 Å². The molecule has 2 aromatic rings. The highest BCUT2D eigenvalue weighted by atomic mass is 32.1. The van der Waals surface area contributed by atoms with E-state index in [2.05, 4.69) is 23.3 Å². The third-order valence-corrected chi connectivity index (χ3v) is 6.56. The molecule has 2 aromatic carbocycles. The number of anilines is 1. The number of amides is 2. The zero-order chi connectivity index (χ0) is 25.9. The highest BCUT2D eigenvalue weighted by molar-refractivity contribution is 7.81. The van der Waals surface area contributed by atoms with Crippen molar-refractivity contribution in [3.05, 3.63) is 53.6 Å². The average Bonchev–Trinajstić information content (AvgIpc) is 3.34. The number of unbranched alkanes of at least 4 members (excludes halogenated alkanes) is 1. The fourth-order valence-corrected chi connectivity index (χ4v) is 4.39. The van der Waals surface area contributed by atoms with Crippen molar-refractivity contribution in [3.8, 4) is 11.5 Å². The number of thiol groups is 1. The third kappa shape index (κ3) is 8.15. The first-order valence-electron chi connectivity index (χ1n) is 12.3. The number of carbonyl (C=O) groups excluding carboxylic acids is 2. The van der Waals surface area contributed by atoms with Gasteiger partial charge in [0.25, 0.3) is 5.91 Å². The highest BCUT2D eigenvalue weighted by Gasteiger charge is 2.27. The van der Waals surface area contributed by atoms with Gasteiger partial charge >= 0.3 is 0 Å². The van der Waals surface area contributed by atoms with Crippen LogP contribution in [-0.4, -0.2) is 75.6 Å². The second-order valence-electron chi connectivity index (χ2n) is 8.91. The Balaban J connectivity index is 1.35. The Labute approximate surface area is 219 Å². The van der Waals surface area contributed by atoms with Gasteiger partial charge in [-0.15, -0.1) is 0 Å². The standard InChI is InChI=1S/C27H37N3O5S/c1-30(12-14-35-13-5-4-7-19-10-11-24(33-2)25(15-19)34-3)27(32)20-8-6-9-21(16-20)29-26(31)23-17-22(36)18-28-23/h6,8-11,15-16,22-23,28,36H,4-5,7,12-14,17-18H2,1-3H3,(H,29,31)/t22-,23-/m0/s1. The molecule has 1 saturated heterocycles. The monoisotopic (exact) mass is 515 g/mol. The smallest absolute Gasteiger partial charge is 0.253 e. The number of hydrogen-bond acceptors (Lipinski definition) is 7. The number of carbonyl (C=O) groups is 2. The van der Waals surface area contributed by atoms with Gasteiger partial charge in [-0.2, -0.15) is 12.6 Å². The molecule has 9 heteroatoms. The largest absolute Gasteiger partial charge is 0.493 e. The van der Waals surface area contributed by atoms with Crippen LogP contribution in [0.15, 0.2) is 42.5 Å². The Bertz CT molecular complexity index is 1020. The molecule has 0 aromatic heterocycles. The normalized spacial score (nSPS) is 17.0. The number of likely N-dealkylation sites (N-methyl/N-ethyl adjacent to an activating group) is 1. The second kappa shape index (κ2) is 14.1. The summed E-state index contributed by atoms with van der Waals surface area (Å²) < 4.78 is 16.4. The lowest BCUT2D eigenvalue weighted by Crippen LogP contribution is -2.35. The molecule has 0 saturated carbocycles. The minimum absolute atomic E-state index is 0.107. The quantitative estimate of drug-likeness (QED) is 0.280. The molecule has 1 aliphatic heterocycles. The average molecular weight is 516 g/mol. The van der Waals surface area contributed by atoms with Crippen LogP contribution in [0.25, 0.3) is 0 Å². The van der Waals surface area contributed by atoms with E-state index < -0.39 is 0 Å². The molecule has 196 valence electrons. The number of ether oxygens (including phenoxy) is 3. The zero-order valence-electron chi connectivity index (χ0n) is 21.3. The number of aryl methyl sites for hydroxylation is 1. The molecule has 1 heterocycles. The van der Waals surface area contributed by atoms with Crippen LogP contribution in [0.1, 0.15) is 35.2 Å². The van der Waals surface area contributed by atoms with Crippen LogP contribution in [0.4, 0.5) is 5.69 Å². The Hall–Kier alpha value is -2.75. The number of nitrogens with zero attached hydrogens (tertiary/aromatic N) is 1. The van der Waals surface area contributed by atoms with E-state index in [0.29, 0.717) is 44.0 Å². The molecule has 0 unspecified atom stereocenters. The predicted molar refractivity (Wildman–Crippen MR) is 145 cm³/mol. The van der Waals surface area contributed by atoms with Crippen molar-refractivity contribution < 1.29 is 23.8 Å². The minimum atomic E-state index is -0.259. The summed E-state index contributed by atoms with van der Waals surface area (Å²) in [5.41, 5.74) is 2.33. The first kappa shape index (κ1) is 27.8. The first-order chi connectivity index (χ1) is 17.4. The van der Waals surface area contributed by atoms with Crippen LogP contribution >= 0.6 is 12.6 Å². The zero-order valence-corrected chi connectivity index (χ0v) is 22.2. The summed E-state index contributed by atoms with van der Waals surface area (Å²) in [7, 11) is 5.02. The summed E-state index contributed by atoms with van der Waals surface area (Å²) in [6.07, 6.45) is 3.54. The maximum absolute atomic E-state index is 12.8. The van der Waals surface area contributed by atoms with Gasteiger partial charge in [0.2, 0.25) is 5.91 Å². The van der Waals surface area contributed by atoms with Crippen LogP contribution in [0.3, 0.4) is 0 Å². The van der Waals surface area contributed by atoms with E-state index in [0.717, 1.165) is 30.8 Å². The molecule has 2 amide bonds. The summed E-state index contributed by atoms with van der Waals surface area (Å²) in [6, 6.07) is 12.7. The van der Waals surface area contributed by atoms with Crippen LogP contribution in [-0.2, 0) is 16.0 Å². The first-order valence-corrected chi connectivity index (χ1v) is 12.8. The van der Waals surface area contributed by atoms with E-state index >= 15 is 0 Å². The van der Waals surface area contributed by atoms with E-state index in [1.165, 1.54) is 5.56 Å². The van der Waals surface area contributed by atoms with Crippen molar-refractivity contribution >= 4 is 30.1 Å². The lowest BCUT2D eigenvalue weighted by molar-refractivity contribution is -0.117. The van der Waals surface area contributed by atoms with Crippen LogP contribution in [0, 0.1) is 0 Å². The van der Waals surface area contributed by atoms with E-state index in [9.17, 15) is 9.59 Å². The van der Waals surface area contributed by atoms with E-state index in [1.807, 2.05) is 18.2 Å². The van der Waals surface area contributed by atoms with Gasteiger partial charge in [-0.25, -0.2) is 0 Å². The Morgan fingerprint density at radius 1 is 1.08 bits per heavy atom. The van der Waals surface area contributed by atoms with Gasteiger partial charge in [-0.05, 0) is 61.6 Å². The number of nitrogens with one attached hydrogen (secondary N) is 2. The molecule has 0 aliphatic carbocycles. The SMILES string of the molecule is COc1ccc(CCCCOCCN(C)C(=O)c2cccc(NC(=O)[C@@H]3C[C@H](S)CN3)c2)cc1OC. The Kier molecular flexibility index (Phi) is 10.9. The molecule has 0 radical (unpaired) electrons. The van der Waals surface area contributed by atoms with Gasteiger partial charge in [0.05, 0.1) is 26.9 Å². The van der Waals surface area contributed by atoms with Gasteiger partial charge in [0, 0.05) is 43.2 Å². The number of methoxy groups -OCH3 is 2. The summed E-state index contributed by atoms with van der Waals surface area (Å²) >= 11 is 4.41. The molecular formula is C27H37N3O5S. The predicted octanol–water partition coefficient (Wildman–Crippen LogP) is 3.41. The molecule has 2 N–H and O–H groups in total. The van der Waals surface area contributed by atoms with Gasteiger partial charge in [-0.3, -0.25) is 9.59 Å². The van der Waals surface area contributed by atoms with E-state index in [4.69, 9.17) is 14.2 Å². The highest BCUT2D eigenvalue weighted by Crippen LogP contribution is 2.28. The molecule has 36 heavy (non-hydrogen) atoms. The number of hydrogen-bond donors (Lipinski definition) is 3. The molecule has 0 spiro atoms. The summed E-state index contributed by atoms with van der Waals surface area (Å²) in [6.45, 7) is 2.30. The maximum Gasteiger partial charge on any atom is 0.253 e. The number of benzene rings is 2. The van der Waals surface area contributed by atoms with Crippen LogP contribution in [0.2, 0.25) is 0 Å². The number of rotatable bonds is 13. The van der Waals surface area contributed by atoms with Crippen molar-refractivity contribution in [1.82, 2.24) is 10.2 Å². The Morgan fingerprint density at radius 3 is 2.61 bits per heavy atom. The topological polar surface area (TPSA) is 89.1 Å².